The first-order valence-corrected chi connectivity index (χ1v) is 23.7. The molecule has 20 nitrogen and oxygen atoms in total. The van der Waals surface area contributed by atoms with Gasteiger partial charge in [0.05, 0.1) is 25.2 Å². The SMILES string of the molecule is CCCCCCCCCCCCCCCC(=O)N[C@@H](CC(C)C)C(=O)N[C@H](C(=O)N[C@@H](Cc1ccc(O)cc1)C(=O)N[C@@H](CO)C(=O)N[C@H](C(=O)N[C@@H](CC(=O)O)C(=O)NC)[C@@H](C)O)[C@H](C)O. The highest BCUT2D eigenvalue weighted by molar-refractivity contribution is 5.98. The van der Waals surface area contributed by atoms with E-state index in [4.69, 9.17) is 0 Å². The Morgan fingerprint density at radius 2 is 0.970 bits per heavy atom. The van der Waals surface area contributed by atoms with Crippen molar-refractivity contribution in [2.24, 2.45) is 5.92 Å². The van der Waals surface area contributed by atoms with Crippen molar-refractivity contribution in [3.63, 3.8) is 0 Å². The zero-order valence-corrected chi connectivity index (χ0v) is 40.2. The van der Waals surface area contributed by atoms with E-state index in [9.17, 15) is 63.9 Å². The zero-order chi connectivity index (χ0) is 50.5. The molecule has 0 saturated carbocycles. The van der Waals surface area contributed by atoms with Crippen LogP contribution in [0.15, 0.2) is 24.3 Å². The maximum atomic E-state index is 13.8. The Labute approximate surface area is 395 Å². The van der Waals surface area contributed by atoms with Gasteiger partial charge < -0.3 is 62.8 Å². The maximum Gasteiger partial charge on any atom is 0.305 e. The number of aliphatic hydroxyl groups excluding tert-OH is 3. The van der Waals surface area contributed by atoms with Crippen LogP contribution in [0.25, 0.3) is 0 Å². The van der Waals surface area contributed by atoms with Crippen LogP contribution in [0.4, 0.5) is 0 Å². The van der Waals surface area contributed by atoms with Crippen LogP contribution in [-0.2, 0) is 44.8 Å². The second-order valence-electron chi connectivity index (χ2n) is 17.6. The summed E-state index contributed by atoms with van der Waals surface area (Å²) in [5.74, 6) is -7.95. The van der Waals surface area contributed by atoms with Crippen molar-refractivity contribution in [1.29, 1.82) is 0 Å². The van der Waals surface area contributed by atoms with Crippen LogP contribution in [0.1, 0.15) is 143 Å². The quantitative estimate of drug-likeness (QED) is 0.0428. The molecule has 1 aromatic rings. The monoisotopic (exact) mass is 950 g/mol. The summed E-state index contributed by atoms with van der Waals surface area (Å²) in [5, 5.41) is 66.8. The molecule has 67 heavy (non-hydrogen) atoms. The van der Waals surface area contributed by atoms with Crippen molar-refractivity contribution in [1.82, 2.24) is 37.2 Å². The third-order valence-corrected chi connectivity index (χ3v) is 11.1. The normalized spacial score (nSPS) is 14.8. The van der Waals surface area contributed by atoms with Crippen molar-refractivity contribution in [2.75, 3.05) is 13.7 Å². The first-order valence-electron chi connectivity index (χ1n) is 23.7. The summed E-state index contributed by atoms with van der Waals surface area (Å²) in [4.78, 5) is 104. The predicted octanol–water partition coefficient (Wildman–Crippen LogP) is 1.35. The van der Waals surface area contributed by atoms with Gasteiger partial charge in [0.1, 0.15) is 42.0 Å². The van der Waals surface area contributed by atoms with Crippen LogP contribution in [-0.4, -0.2) is 135 Å². The number of rotatable bonds is 35. The number of unbranched alkanes of at least 4 members (excludes halogenated alkanes) is 12. The second kappa shape index (κ2) is 33.2. The third-order valence-electron chi connectivity index (χ3n) is 11.1. The van der Waals surface area contributed by atoms with Crippen molar-refractivity contribution < 1.29 is 63.9 Å². The number of phenols is 1. The number of hydrogen-bond acceptors (Lipinski definition) is 12. The van der Waals surface area contributed by atoms with Gasteiger partial charge in [-0.25, -0.2) is 0 Å². The van der Waals surface area contributed by atoms with Crippen molar-refractivity contribution >= 4 is 47.3 Å². The zero-order valence-electron chi connectivity index (χ0n) is 40.2. The van der Waals surface area contributed by atoms with E-state index in [0.29, 0.717) is 12.0 Å². The number of carbonyl (C=O) groups is 8. The molecule has 1 rings (SSSR count). The fourth-order valence-corrected chi connectivity index (χ4v) is 7.22. The van der Waals surface area contributed by atoms with E-state index in [2.05, 4.69) is 44.1 Å². The fourth-order valence-electron chi connectivity index (χ4n) is 7.22. The minimum atomic E-state index is -1.80. The molecule has 0 saturated heterocycles. The lowest BCUT2D eigenvalue weighted by Gasteiger charge is -2.28. The number of nitrogens with one attached hydrogen (secondary N) is 7. The molecule has 0 aliphatic rings. The lowest BCUT2D eigenvalue weighted by atomic mass is 10.0. The maximum absolute atomic E-state index is 13.8. The summed E-state index contributed by atoms with van der Waals surface area (Å²) >= 11 is 0. The molecule has 20 heteroatoms. The van der Waals surface area contributed by atoms with Gasteiger partial charge in [0.15, 0.2) is 0 Å². The average Bonchev–Trinajstić information content (AvgIpc) is 3.26. The summed E-state index contributed by atoms with van der Waals surface area (Å²) in [7, 11) is 1.20. The van der Waals surface area contributed by atoms with Gasteiger partial charge in [-0.15, -0.1) is 0 Å². The lowest BCUT2D eigenvalue weighted by molar-refractivity contribution is -0.141. The smallest absolute Gasteiger partial charge is 0.305 e. The number of aromatic hydroxyl groups is 1. The number of aliphatic carboxylic acids is 1. The number of phenolic OH excluding ortho intramolecular Hbond substituents is 1. The molecule has 7 amide bonds. The van der Waals surface area contributed by atoms with Gasteiger partial charge in [-0.3, -0.25) is 38.4 Å². The highest BCUT2D eigenvalue weighted by Gasteiger charge is 2.36. The molecule has 1 aromatic carbocycles. The Bertz CT molecular complexity index is 1690. The molecule has 0 aliphatic carbocycles. The van der Waals surface area contributed by atoms with Crippen LogP contribution < -0.4 is 37.2 Å². The van der Waals surface area contributed by atoms with Crippen LogP contribution in [0.2, 0.25) is 0 Å². The largest absolute Gasteiger partial charge is 0.508 e. The van der Waals surface area contributed by atoms with Gasteiger partial charge in [-0.1, -0.05) is 110 Å². The molecule has 8 atom stereocenters. The highest BCUT2D eigenvalue weighted by Crippen LogP contribution is 2.15. The molecular formula is C47H79N7O13. The summed E-state index contributed by atoms with van der Waals surface area (Å²) in [6, 6.07) is -3.89. The van der Waals surface area contributed by atoms with Crippen molar-refractivity contribution in [3.05, 3.63) is 29.8 Å². The van der Waals surface area contributed by atoms with Crippen LogP contribution in [0.5, 0.6) is 5.75 Å². The molecule has 380 valence electrons. The van der Waals surface area contributed by atoms with E-state index in [0.717, 1.165) is 32.6 Å². The minimum Gasteiger partial charge on any atom is -0.508 e. The lowest BCUT2D eigenvalue weighted by Crippen LogP contribution is -2.63. The van der Waals surface area contributed by atoms with Crippen LogP contribution in [0.3, 0.4) is 0 Å². The molecular weight excluding hydrogens is 871 g/mol. The average molecular weight is 950 g/mol. The van der Waals surface area contributed by atoms with Gasteiger partial charge in [0.25, 0.3) is 0 Å². The van der Waals surface area contributed by atoms with Crippen LogP contribution in [0, 0.1) is 5.92 Å². The van der Waals surface area contributed by atoms with Gasteiger partial charge in [0.2, 0.25) is 41.4 Å². The molecule has 0 bridgehead atoms. The Balaban J connectivity index is 3.08. The summed E-state index contributed by atoms with van der Waals surface area (Å²) in [6.45, 7) is 7.23. The highest BCUT2D eigenvalue weighted by atomic mass is 16.4. The van der Waals surface area contributed by atoms with Gasteiger partial charge in [-0.05, 0) is 50.3 Å². The van der Waals surface area contributed by atoms with E-state index < -0.39 is 103 Å². The van der Waals surface area contributed by atoms with E-state index in [1.165, 1.54) is 89.6 Å². The molecule has 0 heterocycles. The first-order chi connectivity index (χ1) is 31.7. The Morgan fingerprint density at radius 1 is 0.537 bits per heavy atom. The van der Waals surface area contributed by atoms with Gasteiger partial charge in [-0.2, -0.15) is 0 Å². The standard InChI is InChI=1S/C47H79N7O13/c1-7-8-9-10-11-12-13-14-15-16-17-18-19-20-38(59)49-34(25-29(2)3)44(64)53-40(30(4)56)46(66)50-35(26-32-21-23-33(58)24-22-32)43(63)52-37(28-55)45(65)54-41(31(5)57)47(67)51-36(27-39(60)61)42(62)48-6/h21-24,29-31,34-37,40-41,55-58H,7-20,25-28H2,1-6H3,(H,48,62)(H,49,59)(H,50,66)(H,51,67)(H,52,63)(H,53,64)(H,54,65)(H,60,61)/t30-,31+,34-,35-,36-,37-,40-,41-/m0/s1. The number of carboxylic acid groups (broad SMARTS) is 1. The Hall–Kier alpha value is -5.34. The van der Waals surface area contributed by atoms with E-state index in [1.54, 1.807) is 0 Å². The summed E-state index contributed by atoms with van der Waals surface area (Å²) in [6.07, 6.45) is 11.2. The first kappa shape index (κ1) is 59.7. The Kier molecular flexibility index (Phi) is 29.6. The molecule has 12 N–H and O–H groups in total. The molecule has 0 aliphatic heterocycles. The number of hydrogen-bond donors (Lipinski definition) is 12. The number of aliphatic hydroxyl groups is 3. The third kappa shape index (κ3) is 24.8. The van der Waals surface area contributed by atoms with E-state index >= 15 is 0 Å². The van der Waals surface area contributed by atoms with E-state index in [-0.39, 0.29) is 36.8 Å². The number of benzene rings is 1. The second-order valence-corrected chi connectivity index (χ2v) is 17.6. The molecule has 0 aromatic heterocycles. The fraction of sp³-hybridized carbons (Fsp3) is 0.702. The number of carbonyl (C=O) groups excluding carboxylic acids is 7. The van der Waals surface area contributed by atoms with Gasteiger partial charge in [0, 0.05) is 19.9 Å². The molecule has 0 fully saturated rings. The number of carboxylic acids is 1. The summed E-state index contributed by atoms with van der Waals surface area (Å²) < 4.78 is 0. The van der Waals surface area contributed by atoms with Crippen LogP contribution >= 0.6 is 0 Å². The summed E-state index contributed by atoms with van der Waals surface area (Å²) in [5.41, 5.74) is 0.405. The van der Waals surface area contributed by atoms with Crippen molar-refractivity contribution in [3.8, 4) is 5.75 Å². The predicted molar refractivity (Wildman–Crippen MR) is 250 cm³/mol. The molecule has 0 unspecified atom stereocenters. The van der Waals surface area contributed by atoms with Gasteiger partial charge >= 0.3 is 5.97 Å². The topological polar surface area (TPSA) is 322 Å². The van der Waals surface area contributed by atoms with Crippen molar-refractivity contribution in [2.45, 2.75) is 192 Å². The van der Waals surface area contributed by atoms with E-state index in [1.807, 2.05) is 13.8 Å². The minimum absolute atomic E-state index is 0.0528. The number of amides is 7. The molecule has 0 radical (unpaired) electrons. The molecule has 0 spiro atoms. The number of likely N-dealkylation sites (N-methyl/N-ethyl adjacent to an activating group) is 1. The Morgan fingerprint density at radius 3 is 1.40 bits per heavy atom.